The van der Waals surface area contributed by atoms with Gasteiger partial charge in [-0.2, -0.15) is 0 Å². The van der Waals surface area contributed by atoms with Crippen molar-refractivity contribution < 1.29 is 29.1 Å². The van der Waals surface area contributed by atoms with E-state index in [0.29, 0.717) is 28.3 Å². The number of ketones is 1. The summed E-state index contributed by atoms with van der Waals surface area (Å²) in [7, 11) is 3.01. The maximum absolute atomic E-state index is 13.1. The van der Waals surface area contributed by atoms with E-state index in [0.717, 1.165) is 0 Å². The Morgan fingerprint density at radius 2 is 1.41 bits per heavy atom. The van der Waals surface area contributed by atoms with Crippen molar-refractivity contribution in [3.63, 3.8) is 0 Å². The first-order valence-corrected chi connectivity index (χ1v) is 10.2. The molecule has 1 amide bonds. The number of hydrogen-bond acceptors (Lipinski definition) is 7. The summed E-state index contributed by atoms with van der Waals surface area (Å²) in [4.78, 5) is 38.1. The Morgan fingerprint density at radius 3 is 1.91 bits per heavy atom. The Balaban J connectivity index is 1.89. The Morgan fingerprint density at radius 1 is 0.882 bits per heavy atom. The Hall–Kier alpha value is -4.66. The maximum atomic E-state index is 13.1. The fraction of sp³-hybridized carbons (Fsp3) is 0.120. The lowest BCUT2D eigenvalue weighted by atomic mass is 9.95. The van der Waals surface area contributed by atoms with Crippen LogP contribution in [0.2, 0.25) is 0 Å². The number of anilines is 1. The van der Waals surface area contributed by atoms with Gasteiger partial charge in [-0.1, -0.05) is 0 Å². The van der Waals surface area contributed by atoms with Crippen molar-refractivity contribution in [1.82, 2.24) is 0 Å². The molecule has 0 radical (unpaired) electrons. The van der Waals surface area contributed by atoms with E-state index >= 15 is 0 Å². The number of nitrogens with zero attached hydrogens (tertiary/aromatic N) is 2. The minimum absolute atomic E-state index is 0.125. The van der Waals surface area contributed by atoms with Crippen molar-refractivity contribution in [2.75, 3.05) is 19.1 Å². The summed E-state index contributed by atoms with van der Waals surface area (Å²) in [5, 5.41) is 22.2. The number of carbonyl (C=O) groups is 2. The third kappa shape index (κ3) is 3.95. The molecular formula is C25H20N2O7. The fourth-order valence-electron chi connectivity index (χ4n) is 3.84. The first-order valence-electron chi connectivity index (χ1n) is 10.2. The zero-order valence-electron chi connectivity index (χ0n) is 18.3. The normalized spacial score (nSPS) is 17.0. The fourth-order valence-corrected chi connectivity index (χ4v) is 3.84. The van der Waals surface area contributed by atoms with Crippen molar-refractivity contribution in [2.24, 2.45) is 0 Å². The summed E-state index contributed by atoms with van der Waals surface area (Å²) in [6, 6.07) is 17.4. The van der Waals surface area contributed by atoms with Crippen LogP contribution < -0.4 is 14.4 Å². The van der Waals surface area contributed by atoms with Crippen LogP contribution in [0, 0.1) is 10.1 Å². The van der Waals surface area contributed by atoms with Crippen LogP contribution >= 0.6 is 0 Å². The molecule has 1 fully saturated rings. The highest BCUT2D eigenvalue weighted by Crippen LogP contribution is 2.42. The number of aliphatic hydroxyl groups is 1. The summed E-state index contributed by atoms with van der Waals surface area (Å²) in [5.74, 6) is -0.941. The predicted molar refractivity (Wildman–Crippen MR) is 124 cm³/mol. The van der Waals surface area contributed by atoms with Crippen LogP contribution in [-0.2, 0) is 9.59 Å². The number of amides is 1. The van der Waals surface area contributed by atoms with Crippen molar-refractivity contribution in [1.29, 1.82) is 0 Å². The Bertz CT molecular complexity index is 1280. The molecule has 0 spiro atoms. The zero-order valence-corrected chi connectivity index (χ0v) is 18.3. The third-order valence-corrected chi connectivity index (χ3v) is 5.58. The summed E-state index contributed by atoms with van der Waals surface area (Å²) in [6.45, 7) is 0. The number of benzene rings is 3. The molecule has 172 valence electrons. The van der Waals surface area contributed by atoms with Crippen molar-refractivity contribution in [3.8, 4) is 11.5 Å². The van der Waals surface area contributed by atoms with Crippen LogP contribution in [0.5, 0.6) is 11.5 Å². The molecule has 1 atom stereocenters. The molecule has 1 aliphatic rings. The molecule has 1 heterocycles. The number of carbonyl (C=O) groups excluding carboxylic acids is 2. The van der Waals surface area contributed by atoms with Gasteiger partial charge >= 0.3 is 0 Å². The van der Waals surface area contributed by atoms with E-state index in [2.05, 4.69) is 0 Å². The highest BCUT2D eigenvalue weighted by Gasteiger charge is 2.47. The third-order valence-electron chi connectivity index (χ3n) is 5.58. The molecule has 9 heteroatoms. The lowest BCUT2D eigenvalue weighted by Crippen LogP contribution is -2.29. The van der Waals surface area contributed by atoms with Gasteiger partial charge in [0.2, 0.25) is 0 Å². The van der Waals surface area contributed by atoms with Crippen LogP contribution in [0.1, 0.15) is 17.2 Å². The molecule has 4 rings (SSSR count). The van der Waals surface area contributed by atoms with Gasteiger partial charge in [0.25, 0.3) is 17.4 Å². The standard InChI is InChI=1S/C25H20N2O7/c1-33-19-11-5-16(6-12-19)23(28)21-22(15-3-7-18(8-4-15)27(31)32)26(25(30)24(21)29)17-9-13-20(34-2)14-10-17/h3-14,22,28H,1-2H3/b23-21+. The van der Waals surface area contributed by atoms with Crippen molar-refractivity contribution >= 4 is 28.8 Å². The second-order valence-corrected chi connectivity index (χ2v) is 7.44. The van der Waals surface area contributed by atoms with Gasteiger partial charge in [-0.3, -0.25) is 24.6 Å². The number of ether oxygens (including phenoxy) is 2. The first-order chi connectivity index (χ1) is 16.3. The number of nitro groups is 1. The molecule has 34 heavy (non-hydrogen) atoms. The quantitative estimate of drug-likeness (QED) is 0.192. The number of methoxy groups -OCH3 is 2. The number of rotatable bonds is 6. The molecule has 0 bridgehead atoms. The number of non-ortho nitro benzene ring substituents is 1. The van der Waals surface area contributed by atoms with Crippen LogP contribution in [-0.4, -0.2) is 35.9 Å². The topological polar surface area (TPSA) is 119 Å². The first kappa shape index (κ1) is 22.5. The predicted octanol–water partition coefficient (Wildman–Crippen LogP) is 4.24. The van der Waals surface area contributed by atoms with Gasteiger partial charge in [0.05, 0.1) is 30.8 Å². The lowest BCUT2D eigenvalue weighted by molar-refractivity contribution is -0.384. The number of nitro benzene ring substituents is 1. The van der Waals surface area contributed by atoms with Crippen LogP contribution in [0.25, 0.3) is 5.76 Å². The van der Waals surface area contributed by atoms with E-state index in [1.165, 1.54) is 43.4 Å². The van der Waals surface area contributed by atoms with E-state index in [1.807, 2.05) is 0 Å². The monoisotopic (exact) mass is 460 g/mol. The van der Waals surface area contributed by atoms with Crippen LogP contribution in [0.4, 0.5) is 11.4 Å². The molecule has 0 saturated carbocycles. The van der Waals surface area contributed by atoms with Crippen LogP contribution in [0.15, 0.2) is 78.4 Å². The van der Waals surface area contributed by atoms with E-state index < -0.39 is 22.7 Å². The second kappa shape index (κ2) is 9.07. The molecule has 1 saturated heterocycles. The van der Waals surface area contributed by atoms with Crippen molar-refractivity contribution in [2.45, 2.75) is 6.04 Å². The smallest absolute Gasteiger partial charge is 0.300 e. The van der Waals surface area contributed by atoms with E-state index in [-0.39, 0.29) is 17.0 Å². The molecule has 0 aromatic heterocycles. The van der Waals surface area contributed by atoms with Crippen LogP contribution in [0.3, 0.4) is 0 Å². The summed E-state index contributed by atoms with van der Waals surface area (Å²) < 4.78 is 10.3. The summed E-state index contributed by atoms with van der Waals surface area (Å²) >= 11 is 0. The average molecular weight is 460 g/mol. The molecule has 0 aliphatic carbocycles. The maximum Gasteiger partial charge on any atom is 0.300 e. The number of aliphatic hydroxyl groups excluding tert-OH is 1. The Kier molecular flexibility index (Phi) is 6.01. The molecule has 1 N–H and O–H groups in total. The van der Waals surface area contributed by atoms with Gasteiger partial charge in [0.15, 0.2) is 0 Å². The summed E-state index contributed by atoms with van der Waals surface area (Å²) in [5.41, 5.74) is 0.885. The van der Waals surface area contributed by atoms with Gasteiger partial charge in [0, 0.05) is 23.4 Å². The molecular weight excluding hydrogens is 440 g/mol. The molecule has 1 aliphatic heterocycles. The van der Waals surface area contributed by atoms with Gasteiger partial charge in [-0.15, -0.1) is 0 Å². The molecule has 3 aromatic rings. The van der Waals surface area contributed by atoms with E-state index in [1.54, 1.807) is 48.5 Å². The molecule has 9 nitrogen and oxygen atoms in total. The van der Waals surface area contributed by atoms with E-state index in [9.17, 15) is 24.8 Å². The minimum Gasteiger partial charge on any atom is -0.507 e. The van der Waals surface area contributed by atoms with Gasteiger partial charge in [-0.05, 0) is 66.2 Å². The lowest BCUT2D eigenvalue weighted by Gasteiger charge is -2.25. The highest BCUT2D eigenvalue weighted by atomic mass is 16.6. The Labute approximate surface area is 194 Å². The van der Waals surface area contributed by atoms with Crippen molar-refractivity contribution in [3.05, 3.63) is 99.6 Å². The minimum atomic E-state index is -1.00. The molecule has 3 aromatic carbocycles. The SMILES string of the molecule is COc1ccc(/C(O)=C2\C(=O)C(=O)N(c3ccc(OC)cc3)C2c2ccc([N+](=O)[O-])cc2)cc1. The average Bonchev–Trinajstić information content (AvgIpc) is 3.14. The van der Waals surface area contributed by atoms with Gasteiger partial charge in [-0.25, -0.2) is 0 Å². The second-order valence-electron chi connectivity index (χ2n) is 7.44. The zero-order chi connectivity index (χ0) is 24.4. The van der Waals surface area contributed by atoms with Gasteiger partial charge in [0.1, 0.15) is 17.3 Å². The largest absolute Gasteiger partial charge is 0.507 e. The number of Topliss-reactive ketones (excluding diaryl/α,β-unsaturated/α-hetero) is 1. The molecule has 1 unspecified atom stereocenters. The summed E-state index contributed by atoms with van der Waals surface area (Å²) in [6.07, 6.45) is 0. The highest BCUT2D eigenvalue weighted by molar-refractivity contribution is 6.51. The van der Waals surface area contributed by atoms with Gasteiger partial charge < -0.3 is 14.6 Å². The van der Waals surface area contributed by atoms with E-state index in [4.69, 9.17) is 9.47 Å². The number of hydrogen-bond donors (Lipinski definition) is 1.